The first kappa shape index (κ1) is 17.1. The molecule has 1 N–H and O–H groups in total. The Balaban J connectivity index is 0.000000847. The second kappa shape index (κ2) is 7.30. The van der Waals surface area contributed by atoms with E-state index in [1.165, 1.54) is 53.8 Å². The van der Waals surface area contributed by atoms with Crippen molar-refractivity contribution in [3.63, 3.8) is 0 Å². The number of nitrogens with zero attached hydrogens (tertiary/aromatic N) is 1. The van der Waals surface area contributed by atoms with Gasteiger partial charge in [0.05, 0.1) is 5.84 Å². The van der Waals surface area contributed by atoms with Crippen LogP contribution in [0.3, 0.4) is 0 Å². The summed E-state index contributed by atoms with van der Waals surface area (Å²) >= 11 is 0. The zero-order valence-electron chi connectivity index (χ0n) is 15.3. The summed E-state index contributed by atoms with van der Waals surface area (Å²) in [6, 6.07) is 0.583. The highest BCUT2D eigenvalue weighted by molar-refractivity contribution is 5.83. The van der Waals surface area contributed by atoms with Gasteiger partial charge in [0, 0.05) is 19.0 Å². The predicted molar refractivity (Wildman–Crippen MR) is 97.2 cm³/mol. The van der Waals surface area contributed by atoms with Crippen molar-refractivity contribution in [2.45, 2.75) is 79.7 Å². The van der Waals surface area contributed by atoms with Crippen molar-refractivity contribution >= 4 is 5.84 Å². The summed E-state index contributed by atoms with van der Waals surface area (Å²) in [5, 5.41) is 3.69. The average molecular weight is 300 g/mol. The van der Waals surface area contributed by atoms with E-state index in [-0.39, 0.29) is 0 Å². The van der Waals surface area contributed by atoms with Crippen molar-refractivity contribution in [2.24, 2.45) is 4.99 Å². The number of hydrogen-bond acceptors (Lipinski definition) is 2. The molecular formula is C20H32N2. The van der Waals surface area contributed by atoms with E-state index >= 15 is 0 Å². The SMILES string of the molecule is CC.Cc1c(C)c(C)c2c(c1C)CCC(NC1=NCCC1)C2. The molecule has 0 bridgehead atoms. The lowest BCUT2D eigenvalue weighted by atomic mass is 9.79. The van der Waals surface area contributed by atoms with Gasteiger partial charge in [0.15, 0.2) is 0 Å². The number of hydrogen-bond donors (Lipinski definition) is 1. The number of rotatable bonds is 1. The maximum atomic E-state index is 4.56. The van der Waals surface area contributed by atoms with Crippen molar-refractivity contribution in [1.29, 1.82) is 0 Å². The molecule has 0 spiro atoms. The standard InChI is InChI=1S/C18H26N2.C2H6/c1-11-12(2)14(4)17-10-15(7-8-16(17)13(11)3)20-18-6-5-9-19-18;1-2/h15H,5-10H2,1-4H3,(H,19,20);1-2H3. The van der Waals surface area contributed by atoms with E-state index in [2.05, 4.69) is 38.0 Å². The van der Waals surface area contributed by atoms with Crippen LogP contribution in [0.4, 0.5) is 0 Å². The number of nitrogens with one attached hydrogen (secondary N) is 1. The smallest absolute Gasteiger partial charge is 0.0965 e. The van der Waals surface area contributed by atoms with E-state index in [1.807, 2.05) is 13.8 Å². The van der Waals surface area contributed by atoms with E-state index in [0.29, 0.717) is 6.04 Å². The molecule has 0 fully saturated rings. The maximum Gasteiger partial charge on any atom is 0.0965 e. The molecule has 0 saturated heterocycles. The van der Waals surface area contributed by atoms with E-state index in [4.69, 9.17) is 0 Å². The van der Waals surface area contributed by atoms with Crippen LogP contribution >= 0.6 is 0 Å². The van der Waals surface area contributed by atoms with Crippen LogP contribution in [0.5, 0.6) is 0 Å². The molecule has 1 heterocycles. The van der Waals surface area contributed by atoms with Gasteiger partial charge in [0.25, 0.3) is 0 Å². The van der Waals surface area contributed by atoms with Crippen LogP contribution in [0.2, 0.25) is 0 Å². The number of benzene rings is 1. The number of aliphatic imine (C=N–C) groups is 1. The van der Waals surface area contributed by atoms with Crippen LogP contribution in [0.25, 0.3) is 0 Å². The van der Waals surface area contributed by atoms with E-state index in [0.717, 1.165) is 13.0 Å². The van der Waals surface area contributed by atoms with Crippen LogP contribution in [-0.4, -0.2) is 18.4 Å². The van der Waals surface area contributed by atoms with Gasteiger partial charge in [-0.15, -0.1) is 0 Å². The van der Waals surface area contributed by atoms with Crippen molar-refractivity contribution in [2.75, 3.05) is 6.54 Å². The van der Waals surface area contributed by atoms with Crippen LogP contribution in [0, 0.1) is 27.7 Å². The Hall–Kier alpha value is -1.31. The fourth-order valence-electron chi connectivity index (χ4n) is 3.77. The lowest BCUT2D eigenvalue weighted by Crippen LogP contribution is -2.38. The van der Waals surface area contributed by atoms with Gasteiger partial charge in [-0.05, 0) is 86.8 Å². The molecule has 1 aliphatic carbocycles. The summed E-state index contributed by atoms with van der Waals surface area (Å²) in [7, 11) is 0. The highest BCUT2D eigenvalue weighted by Gasteiger charge is 2.24. The van der Waals surface area contributed by atoms with Crippen LogP contribution < -0.4 is 5.32 Å². The van der Waals surface area contributed by atoms with Gasteiger partial charge in [0.2, 0.25) is 0 Å². The fourth-order valence-corrected chi connectivity index (χ4v) is 3.77. The normalized spacial score (nSPS) is 19.9. The average Bonchev–Trinajstić information content (AvgIpc) is 3.05. The predicted octanol–water partition coefficient (Wildman–Crippen LogP) is 4.59. The third-order valence-corrected chi connectivity index (χ3v) is 5.40. The second-order valence-electron chi connectivity index (χ2n) is 6.47. The minimum atomic E-state index is 0.583. The minimum Gasteiger partial charge on any atom is -0.371 e. The largest absolute Gasteiger partial charge is 0.371 e. The molecule has 3 rings (SSSR count). The molecule has 1 aromatic rings. The maximum absolute atomic E-state index is 4.56. The van der Waals surface area contributed by atoms with Crippen molar-refractivity contribution in [1.82, 2.24) is 5.32 Å². The Morgan fingerprint density at radius 3 is 2.09 bits per heavy atom. The van der Waals surface area contributed by atoms with Gasteiger partial charge in [-0.1, -0.05) is 13.8 Å². The van der Waals surface area contributed by atoms with Crippen molar-refractivity contribution < 1.29 is 0 Å². The quantitative estimate of drug-likeness (QED) is 0.806. The molecule has 2 nitrogen and oxygen atoms in total. The Labute approximate surface area is 136 Å². The molecule has 22 heavy (non-hydrogen) atoms. The number of fused-ring (bicyclic) bond motifs is 1. The molecule has 0 saturated carbocycles. The van der Waals surface area contributed by atoms with Gasteiger partial charge >= 0.3 is 0 Å². The topological polar surface area (TPSA) is 24.4 Å². The van der Waals surface area contributed by atoms with Gasteiger partial charge in [-0.25, -0.2) is 0 Å². The Bertz CT molecular complexity index is 570. The zero-order valence-corrected chi connectivity index (χ0v) is 15.3. The summed E-state index contributed by atoms with van der Waals surface area (Å²) < 4.78 is 0. The highest BCUT2D eigenvalue weighted by Crippen LogP contribution is 2.32. The summed E-state index contributed by atoms with van der Waals surface area (Å²) in [6.45, 7) is 14.2. The molecule has 2 aliphatic rings. The summed E-state index contributed by atoms with van der Waals surface area (Å²) in [5.41, 5.74) is 9.25. The van der Waals surface area contributed by atoms with E-state index < -0.39 is 0 Å². The molecule has 1 aromatic carbocycles. The van der Waals surface area contributed by atoms with E-state index in [9.17, 15) is 0 Å². The second-order valence-corrected chi connectivity index (χ2v) is 6.47. The summed E-state index contributed by atoms with van der Waals surface area (Å²) in [6.07, 6.45) is 6.00. The Kier molecular flexibility index (Phi) is 5.66. The molecule has 0 aromatic heterocycles. The molecular weight excluding hydrogens is 268 g/mol. The summed E-state index contributed by atoms with van der Waals surface area (Å²) in [5.74, 6) is 1.25. The zero-order chi connectivity index (χ0) is 16.3. The Morgan fingerprint density at radius 2 is 1.50 bits per heavy atom. The summed E-state index contributed by atoms with van der Waals surface area (Å²) in [4.78, 5) is 4.56. The lowest BCUT2D eigenvalue weighted by molar-refractivity contribution is 0.522. The van der Waals surface area contributed by atoms with Crippen LogP contribution in [0.15, 0.2) is 4.99 Å². The first-order valence-corrected chi connectivity index (χ1v) is 8.96. The van der Waals surface area contributed by atoms with E-state index in [1.54, 1.807) is 11.1 Å². The van der Waals surface area contributed by atoms with Crippen molar-refractivity contribution in [3.05, 3.63) is 33.4 Å². The lowest BCUT2D eigenvalue weighted by Gasteiger charge is -2.30. The molecule has 1 atom stereocenters. The van der Waals surface area contributed by atoms with Gasteiger partial charge < -0.3 is 5.32 Å². The first-order valence-electron chi connectivity index (χ1n) is 8.96. The van der Waals surface area contributed by atoms with Gasteiger partial charge in [-0.2, -0.15) is 0 Å². The van der Waals surface area contributed by atoms with Crippen LogP contribution in [0.1, 0.15) is 66.5 Å². The van der Waals surface area contributed by atoms with Crippen molar-refractivity contribution in [3.8, 4) is 0 Å². The fraction of sp³-hybridized carbons (Fsp3) is 0.650. The minimum absolute atomic E-state index is 0.583. The molecule has 1 aliphatic heterocycles. The van der Waals surface area contributed by atoms with Crippen LogP contribution in [-0.2, 0) is 12.8 Å². The molecule has 0 amide bonds. The highest BCUT2D eigenvalue weighted by atomic mass is 15.0. The first-order chi connectivity index (χ1) is 10.6. The van der Waals surface area contributed by atoms with Gasteiger partial charge in [-0.3, -0.25) is 4.99 Å². The molecule has 0 radical (unpaired) electrons. The molecule has 1 unspecified atom stereocenters. The molecule has 122 valence electrons. The third kappa shape index (κ3) is 3.21. The third-order valence-electron chi connectivity index (χ3n) is 5.40. The monoisotopic (exact) mass is 300 g/mol. The number of amidine groups is 1. The Morgan fingerprint density at radius 1 is 0.864 bits per heavy atom. The molecule has 2 heteroatoms. The van der Waals surface area contributed by atoms with Gasteiger partial charge in [0.1, 0.15) is 0 Å².